The molecule has 0 unspecified atom stereocenters. The number of hydrogen-bond acceptors (Lipinski definition) is 5. The standard InChI is InChI=1S/C8H6ClN3OS/c1-5-4-13-8(11-5)14-6-2-3-10-7(9)12-6/h2-4H,1H3. The van der Waals surface area contributed by atoms with Gasteiger partial charge in [0.2, 0.25) is 5.28 Å². The minimum Gasteiger partial charge on any atom is -0.439 e. The minimum atomic E-state index is 0.221. The van der Waals surface area contributed by atoms with Gasteiger partial charge in [0.1, 0.15) is 11.3 Å². The first kappa shape index (κ1) is 9.48. The molecule has 0 saturated heterocycles. The van der Waals surface area contributed by atoms with E-state index in [1.54, 1.807) is 18.5 Å². The maximum Gasteiger partial charge on any atom is 0.262 e. The van der Waals surface area contributed by atoms with Gasteiger partial charge in [-0.15, -0.1) is 0 Å². The van der Waals surface area contributed by atoms with Crippen LogP contribution < -0.4 is 0 Å². The van der Waals surface area contributed by atoms with Crippen molar-refractivity contribution in [3.05, 3.63) is 29.5 Å². The van der Waals surface area contributed by atoms with E-state index in [0.29, 0.717) is 10.2 Å². The highest BCUT2D eigenvalue weighted by Gasteiger charge is 2.05. The molecule has 4 nitrogen and oxygen atoms in total. The third kappa shape index (κ3) is 2.24. The van der Waals surface area contributed by atoms with Crippen LogP contribution in [0.4, 0.5) is 0 Å². The summed E-state index contributed by atoms with van der Waals surface area (Å²) >= 11 is 6.94. The van der Waals surface area contributed by atoms with Gasteiger partial charge in [-0.25, -0.2) is 15.0 Å². The topological polar surface area (TPSA) is 51.8 Å². The predicted octanol–water partition coefficient (Wildman–Crippen LogP) is 2.58. The van der Waals surface area contributed by atoms with Crippen LogP contribution in [0.3, 0.4) is 0 Å². The molecule has 2 aromatic heterocycles. The van der Waals surface area contributed by atoms with E-state index in [0.717, 1.165) is 5.69 Å². The first-order valence-corrected chi connectivity index (χ1v) is 5.02. The molecule has 0 saturated carbocycles. The molecule has 0 aromatic carbocycles. The molecule has 0 radical (unpaired) electrons. The minimum absolute atomic E-state index is 0.221. The number of nitrogens with zero attached hydrogens (tertiary/aromatic N) is 3. The molecule has 2 heterocycles. The fourth-order valence-corrected chi connectivity index (χ4v) is 1.77. The zero-order valence-corrected chi connectivity index (χ0v) is 8.84. The summed E-state index contributed by atoms with van der Waals surface area (Å²) in [6, 6.07) is 1.75. The highest BCUT2D eigenvalue weighted by atomic mass is 35.5. The Labute approximate surface area is 89.7 Å². The third-order valence-corrected chi connectivity index (χ3v) is 2.37. The summed E-state index contributed by atoms with van der Waals surface area (Å²) in [7, 11) is 0. The van der Waals surface area contributed by atoms with E-state index in [9.17, 15) is 0 Å². The molecule has 2 aromatic rings. The molecule has 14 heavy (non-hydrogen) atoms. The zero-order valence-electron chi connectivity index (χ0n) is 7.27. The second-order valence-corrected chi connectivity index (χ2v) is 3.83. The molecule has 0 aliphatic heterocycles. The van der Waals surface area contributed by atoms with Crippen LogP contribution in [-0.2, 0) is 0 Å². The van der Waals surface area contributed by atoms with Crippen molar-refractivity contribution in [2.24, 2.45) is 0 Å². The molecule has 0 fully saturated rings. The maximum absolute atomic E-state index is 5.63. The number of oxazole rings is 1. The van der Waals surface area contributed by atoms with Gasteiger partial charge in [-0.1, -0.05) is 0 Å². The number of aromatic nitrogens is 3. The van der Waals surface area contributed by atoms with Crippen molar-refractivity contribution >= 4 is 23.4 Å². The number of halogens is 1. The molecule has 6 heteroatoms. The first-order valence-electron chi connectivity index (χ1n) is 3.82. The summed E-state index contributed by atoms with van der Waals surface area (Å²) in [5.41, 5.74) is 0.840. The monoisotopic (exact) mass is 227 g/mol. The first-order chi connectivity index (χ1) is 6.74. The lowest BCUT2D eigenvalue weighted by atomic mass is 10.6. The summed E-state index contributed by atoms with van der Waals surface area (Å²) in [5, 5.41) is 1.49. The number of hydrogen-bond donors (Lipinski definition) is 0. The summed E-state index contributed by atoms with van der Waals surface area (Å²) in [5.74, 6) is 0. The van der Waals surface area contributed by atoms with Crippen molar-refractivity contribution in [1.82, 2.24) is 15.0 Å². The third-order valence-electron chi connectivity index (χ3n) is 1.39. The van der Waals surface area contributed by atoms with E-state index < -0.39 is 0 Å². The van der Waals surface area contributed by atoms with Crippen molar-refractivity contribution in [2.75, 3.05) is 0 Å². The molecule has 0 spiro atoms. The Kier molecular flexibility index (Phi) is 2.69. The average Bonchev–Trinajstić information content (AvgIpc) is 2.51. The molecule has 0 amide bonds. The lowest BCUT2D eigenvalue weighted by molar-refractivity contribution is 0.454. The van der Waals surface area contributed by atoms with Crippen molar-refractivity contribution in [3.8, 4) is 0 Å². The summed E-state index contributed by atoms with van der Waals surface area (Å²) in [6.45, 7) is 1.86. The average molecular weight is 228 g/mol. The Morgan fingerprint density at radius 3 is 2.93 bits per heavy atom. The van der Waals surface area contributed by atoms with Crippen LogP contribution in [0.2, 0.25) is 5.28 Å². The molecule has 72 valence electrons. The molecular weight excluding hydrogens is 222 g/mol. The van der Waals surface area contributed by atoms with Gasteiger partial charge in [0, 0.05) is 6.20 Å². The van der Waals surface area contributed by atoms with E-state index in [1.807, 2.05) is 6.92 Å². The van der Waals surface area contributed by atoms with Gasteiger partial charge in [0.25, 0.3) is 5.22 Å². The van der Waals surface area contributed by atoms with Gasteiger partial charge >= 0.3 is 0 Å². The van der Waals surface area contributed by atoms with Crippen molar-refractivity contribution in [2.45, 2.75) is 17.2 Å². The van der Waals surface area contributed by atoms with E-state index >= 15 is 0 Å². The predicted molar refractivity (Wildman–Crippen MR) is 52.4 cm³/mol. The Balaban J connectivity index is 2.18. The quantitative estimate of drug-likeness (QED) is 0.583. The van der Waals surface area contributed by atoms with Gasteiger partial charge in [-0.2, -0.15) is 0 Å². The van der Waals surface area contributed by atoms with Crippen molar-refractivity contribution < 1.29 is 4.42 Å². The van der Waals surface area contributed by atoms with E-state index in [1.165, 1.54) is 11.8 Å². The second-order valence-electron chi connectivity index (χ2n) is 2.52. The zero-order chi connectivity index (χ0) is 9.97. The molecule has 0 atom stereocenters. The Hall–Kier alpha value is -1.07. The number of rotatable bonds is 2. The van der Waals surface area contributed by atoms with Crippen LogP contribution in [0.15, 0.2) is 33.2 Å². The SMILES string of the molecule is Cc1coc(Sc2ccnc(Cl)n2)n1. The summed E-state index contributed by atoms with van der Waals surface area (Å²) in [6.07, 6.45) is 3.18. The molecular formula is C8H6ClN3OS. The van der Waals surface area contributed by atoms with Crippen LogP contribution in [0, 0.1) is 6.92 Å². The fraction of sp³-hybridized carbons (Fsp3) is 0.125. The lowest BCUT2D eigenvalue weighted by Gasteiger charge is -1.94. The second kappa shape index (κ2) is 3.98. The van der Waals surface area contributed by atoms with Crippen LogP contribution in [0.5, 0.6) is 0 Å². The summed E-state index contributed by atoms with van der Waals surface area (Å²) < 4.78 is 5.16. The van der Waals surface area contributed by atoms with Crippen LogP contribution in [0.25, 0.3) is 0 Å². The molecule has 0 N–H and O–H groups in total. The van der Waals surface area contributed by atoms with E-state index in [-0.39, 0.29) is 5.28 Å². The summed E-state index contributed by atoms with van der Waals surface area (Å²) in [4.78, 5) is 11.9. The highest BCUT2D eigenvalue weighted by Crippen LogP contribution is 2.25. The van der Waals surface area contributed by atoms with E-state index in [2.05, 4.69) is 15.0 Å². The molecule has 2 rings (SSSR count). The Bertz CT molecular complexity index is 446. The van der Waals surface area contributed by atoms with Gasteiger partial charge < -0.3 is 4.42 Å². The van der Waals surface area contributed by atoms with Gasteiger partial charge in [-0.3, -0.25) is 0 Å². The van der Waals surface area contributed by atoms with Crippen LogP contribution >= 0.6 is 23.4 Å². The molecule has 0 bridgehead atoms. The van der Waals surface area contributed by atoms with Gasteiger partial charge in [0.05, 0.1) is 5.69 Å². The van der Waals surface area contributed by atoms with Crippen LogP contribution in [-0.4, -0.2) is 15.0 Å². The smallest absolute Gasteiger partial charge is 0.262 e. The Morgan fingerprint density at radius 2 is 2.29 bits per heavy atom. The molecule has 0 aliphatic carbocycles. The highest BCUT2D eigenvalue weighted by molar-refractivity contribution is 7.99. The van der Waals surface area contributed by atoms with E-state index in [4.69, 9.17) is 16.0 Å². The van der Waals surface area contributed by atoms with Crippen molar-refractivity contribution in [3.63, 3.8) is 0 Å². The largest absolute Gasteiger partial charge is 0.439 e. The lowest BCUT2D eigenvalue weighted by Crippen LogP contribution is -1.83. The molecule has 0 aliphatic rings. The fourth-order valence-electron chi connectivity index (χ4n) is 0.845. The number of aryl methyl sites for hydroxylation is 1. The van der Waals surface area contributed by atoms with Gasteiger partial charge in [0.15, 0.2) is 0 Å². The normalized spacial score (nSPS) is 10.4. The Morgan fingerprint density at radius 1 is 1.43 bits per heavy atom. The van der Waals surface area contributed by atoms with Crippen LogP contribution in [0.1, 0.15) is 5.69 Å². The maximum atomic E-state index is 5.63. The van der Waals surface area contributed by atoms with Crippen molar-refractivity contribution in [1.29, 1.82) is 0 Å². The van der Waals surface area contributed by atoms with Gasteiger partial charge in [-0.05, 0) is 36.4 Å².